The maximum Gasteiger partial charge on any atom is 0.262 e. The summed E-state index contributed by atoms with van der Waals surface area (Å²) >= 11 is 0. The smallest absolute Gasteiger partial charge is 0.262 e. The van der Waals surface area contributed by atoms with E-state index < -0.39 is 10.0 Å². The Bertz CT molecular complexity index is 1270. The molecule has 2 aliphatic rings. The Morgan fingerprint density at radius 2 is 1.83 bits per heavy atom. The highest BCUT2D eigenvalue weighted by atomic mass is 32.2. The van der Waals surface area contributed by atoms with Crippen LogP contribution in [0.4, 0.5) is 0 Å². The summed E-state index contributed by atoms with van der Waals surface area (Å²) < 4.78 is 35.5. The lowest BCUT2D eigenvalue weighted by Crippen LogP contribution is -2.67. The summed E-state index contributed by atoms with van der Waals surface area (Å²) in [7, 11) is -0.250. The molecular weight excluding hydrogens is 464 g/mol. The molecule has 0 aliphatic carbocycles. The summed E-state index contributed by atoms with van der Waals surface area (Å²) in [5.41, 5.74) is 3.19. The summed E-state index contributed by atoms with van der Waals surface area (Å²) in [6.07, 6.45) is 4.74. The van der Waals surface area contributed by atoms with Crippen LogP contribution in [0.15, 0.2) is 66.1 Å². The standard InChI is InChI=1S/C26H32N4O4S/c1-28-16-25(27-18-28)35(32,33)29-13-5-6-14-30-22(15-29)26(23(30)17-31)20-11-9-19(10-12-20)21-7-3-4-8-24(21)34-2/h3-4,7-12,16,18,22-23,26,31H,5-6,13-15,17H2,1-2H3/t22-,23-,26+/m1/s1. The molecule has 186 valence electrons. The van der Waals surface area contributed by atoms with Crippen molar-refractivity contribution in [2.24, 2.45) is 7.05 Å². The van der Waals surface area contributed by atoms with Gasteiger partial charge in [-0.1, -0.05) is 42.5 Å². The first kappa shape index (κ1) is 24.0. The number of aliphatic hydroxyl groups is 1. The first-order chi connectivity index (χ1) is 16.9. The minimum absolute atomic E-state index is 0.00282. The van der Waals surface area contributed by atoms with Gasteiger partial charge in [-0.05, 0) is 36.6 Å². The van der Waals surface area contributed by atoms with Crippen LogP contribution in [-0.4, -0.2) is 77.7 Å². The quantitative estimate of drug-likeness (QED) is 0.565. The molecule has 1 aromatic heterocycles. The molecular formula is C26H32N4O4S. The Labute approximate surface area is 206 Å². The predicted octanol–water partition coefficient (Wildman–Crippen LogP) is 2.71. The summed E-state index contributed by atoms with van der Waals surface area (Å²) in [4.78, 5) is 6.39. The zero-order chi connectivity index (χ0) is 24.6. The molecule has 3 atom stereocenters. The molecule has 1 N–H and O–H groups in total. The molecule has 0 radical (unpaired) electrons. The number of para-hydroxylation sites is 1. The minimum atomic E-state index is -3.69. The van der Waals surface area contributed by atoms with Gasteiger partial charge in [-0.25, -0.2) is 13.4 Å². The first-order valence-electron chi connectivity index (χ1n) is 12.0. The van der Waals surface area contributed by atoms with E-state index in [2.05, 4.69) is 34.1 Å². The van der Waals surface area contributed by atoms with Gasteiger partial charge >= 0.3 is 0 Å². The fourth-order valence-corrected chi connectivity index (χ4v) is 7.01. The van der Waals surface area contributed by atoms with E-state index in [-0.39, 0.29) is 29.6 Å². The number of benzene rings is 2. The highest BCUT2D eigenvalue weighted by molar-refractivity contribution is 7.89. The Hall–Kier alpha value is -2.72. The SMILES string of the molecule is COc1ccccc1-c1ccc([C@@H]2[C@@H](CO)N3CCCCN(S(=O)(=O)c4cn(C)cn4)C[C@H]23)cc1. The zero-order valence-electron chi connectivity index (χ0n) is 20.1. The number of imidazole rings is 1. The van der Waals surface area contributed by atoms with Crippen molar-refractivity contribution in [3.05, 3.63) is 66.6 Å². The Kier molecular flexibility index (Phi) is 6.67. The second kappa shape index (κ2) is 9.73. The topological polar surface area (TPSA) is 87.9 Å². The lowest BCUT2D eigenvalue weighted by atomic mass is 9.74. The number of rotatable bonds is 6. The number of nitrogens with zero attached hydrogens (tertiary/aromatic N) is 4. The third kappa shape index (κ3) is 4.38. The molecule has 2 saturated heterocycles. The number of aryl methyl sites for hydroxylation is 1. The maximum absolute atomic E-state index is 13.4. The monoisotopic (exact) mass is 496 g/mol. The number of ether oxygens (including phenoxy) is 1. The van der Waals surface area contributed by atoms with E-state index in [0.29, 0.717) is 13.1 Å². The molecule has 0 bridgehead atoms. The van der Waals surface area contributed by atoms with E-state index in [4.69, 9.17) is 4.74 Å². The van der Waals surface area contributed by atoms with Gasteiger partial charge in [0.1, 0.15) is 5.75 Å². The van der Waals surface area contributed by atoms with Gasteiger partial charge in [0, 0.05) is 49.9 Å². The molecule has 9 heteroatoms. The highest BCUT2D eigenvalue weighted by Gasteiger charge is 2.50. The van der Waals surface area contributed by atoms with Crippen LogP contribution in [-0.2, 0) is 17.1 Å². The van der Waals surface area contributed by atoms with E-state index >= 15 is 0 Å². The molecule has 5 rings (SSSR count). The number of hydrogen-bond donors (Lipinski definition) is 1. The third-order valence-corrected chi connectivity index (χ3v) is 9.08. The number of hydrogen-bond acceptors (Lipinski definition) is 6. The number of aromatic nitrogens is 2. The van der Waals surface area contributed by atoms with Crippen LogP contribution < -0.4 is 4.74 Å². The Morgan fingerprint density at radius 1 is 1.09 bits per heavy atom. The number of sulfonamides is 1. The predicted molar refractivity (Wildman–Crippen MR) is 134 cm³/mol. The average Bonchev–Trinajstić information content (AvgIpc) is 3.30. The molecule has 8 nitrogen and oxygen atoms in total. The Balaban J connectivity index is 1.43. The van der Waals surface area contributed by atoms with Crippen LogP contribution >= 0.6 is 0 Å². The van der Waals surface area contributed by atoms with Crippen molar-refractivity contribution in [3.63, 3.8) is 0 Å². The summed E-state index contributed by atoms with van der Waals surface area (Å²) in [5.74, 6) is 0.866. The van der Waals surface area contributed by atoms with Gasteiger partial charge in [0.25, 0.3) is 10.0 Å². The molecule has 2 aromatic carbocycles. The van der Waals surface area contributed by atoms with Gasteiger partial charge in [-0.15, -0.1) is 0 Å². The molecule has 35 heavy (non-hydrogen) atoms. The number of fused-ring (bicyclic) bond motifs is 1. The van der Waals surface area contributed by atoms with Crippen molar-refractivity contribution >= 4 is 10.0 Å². The lowest BCUT2D eigenvalue weighted by molar-refractivity contribution is -0.0554. The van der Waals surface area contributed by atoms with Crippen molar-refractivity contribution in [1.29, 1.82) is 0 Å². The van der Waals surface area contributed by atoms with Crippen LogP contribution in [0.3, 0.4) is 0 Å². The number of aliphatic hydroxyl groups excluding tert-OH is 1. The summed E-state index contributed by atoms with van der Waals surface area (Å²) in [6.45, 7) is 1.77. The van der Waals surface area contributed by atoms with Crippen molar-refractivity contribution < 1.29 is 18.3 Å². The van der Waals surface area contributed by atoms with E-state index in [1.807, 2.05) is 24.3 Å². The van der Waals surface area contributed by atoms with Crippen LogP contribution in [0.1, 0.15) is 24.3 Å². The molecule has 3 aromatic rings. The largest absolute Gasteiger partial charge is 0.496 e. The average molecular weight is 497 g/mol. The normalized spacial score (nSPS) is 23.7. The zero-order valence-corrected chi connectivity index (χ0v) is 20.9. The number of methoxy groups -OCH3 is 1. The third-order valence-electron chi connectivity index (χ3n) is 7.33. The molecule has 2 fully saturated rings. The second-order valence-corrected chi connectivity index (χ2v) is 11.2. The first-order valence-corrected chi connectivity index (χ1v) is 13.5. The fourth-order valence-electron chi connectivity index (χ4n) is 5.55. The molecule has 0 spiro atoms. The van der Waals surface area contributed by atoms with Crippen LogP contribution in [0, 0.1) is 0 Å². The van der Waals surface area contributed by atoms with Crippen molar-refractivity contribution in [1.82, 2.24) is 18.8 Å². The molecule has 2 aliphatic heterocycles. The Morgan fingerprint density at radius 3 is 2.51 bits per heavy atom. The fraction of sp³-hybridized carbons (Fsp3) is 0.423. The minimum Gasteiger partial charge on any atom is -0.496 e. The molecule has 0 saturated carbocycles. The van der Waals surface area contributed by atoms with Gasteiger partial charge < -0.3 is 14.4 Å². The highest BCUT2D eigenvalue weighted by Crippen LogP contribution is 2.43. The molecule has 0 unspecified atom stereocenters. The molecule has 0 amide bonds. The van der Waals surface area contributed by atoms with Crippen molar-refractivity contribution in [2.45, 2.75) is 35.9 Å². The van der Waals surface area contributed by atoms with E-state index in [0.717, 1.165) is 41.8 Å². The van der Waals surface area contributed by atoms with E-state index in [1.165, 1.54) is 6.33 Å². The van der Waals surface area contributed by atoms with Crippen molar-refractivity contribution in [2.75, 3.05) is 33.4 Å². The summed E-state index contributed by atoms with van der Waals surface area (Å²) in [6, 6.07) is 16.3. The summed E-state index contributed by atoms with van der Waals surface area (Å²) in [5, 5.41) is 10.3. The second-order valence-electron chi connectivity index (χ2n) is 9.35. The van der Waals surface area contributed by atoms with Crippen LogP contribution in [0.5, 0.6) is 5.75 Å². The lowest BCUT2D eigenvalue weighted by Gasteiger charge is -2.57. The van der Waals surface area contributed by atoms with E-state index in [1.54, 1.807) is 29.2 Å². The van der Waals surface area contributed by atoms with Gasteiger partial charge in [0.15, 0.2) is 5.03 Å². The van der Waals surface area contributed by atoms with Crippen LogP contribution in [0.25, 0.3) is 11.1 Å². The maximum atomic E-state index is 13.4. The van der Waals surface area contributed by atoms with Gasteiger partial charge in [0.2, 0.25) is 0 Å². The van der Waals surface area contributed by atoms with Crippen molar-refractivity contribution in [3.8, 4) is 16.9 Å². The van der Waals surface area contributed by atoms with Gasteiger partial charge in [-0.3, -0.25) is 4.90 Å². The van der Waals surface area contributed by atoms with Crippen LogP contribution in [0.2, 0.25) is 0 Å². The van der Waals surface area contributed by atoms with Gasteiger partial charge in [-0.2, -0.15) is 4.31 Å². The molecule has 3 heterocycles. The van der Waals surface area contributed by atoms with Gasteiger partial charge in [0.05, 0.1) is 20.0 Å². The van der Waals surface area contributed by atoms with E-state index in [9.17, 15) is 13.5 Å².